The Kier molecular flexibility index (Phi) is 4.67. The van der Waals surface area contributed by atoms with Crippen LogP contribution in [0.5, 0.6) is 0 Å². The Morgan fingerprint density at radius 3 is 2.19 bits per heavy atom. The van der Waals surface area contributed by atoms with E-state index in [4.69, 9.17) is 0 Å². The summed E-state index contributed by atoms with van der Waals surface area (Å²) >= 11 is 1.52. The Hall–Kier alpha value is -1.99. The zero-order chi connectivity index (χ0) is 18.3. The molecule has 26 heavy (non-hydrogen) atoms. The molecule has 2 saturated heterocycles. The number of amides is 3. The number of hydrogen-bond donors (Lipinski definition) is 0. The highest BCUT2D eigenvalue weighted by molar-refractivity contribution is 7.13. The summed E-state index contributed by atoms with van der Waals surface area (Å²) in [5.41, 5.74) is 0. The SMILES string of the molecule is Cc1ccc(C(=O)N2CCN(CN3C(=O)[C@H]4CC=CC[C@H]4C3=O)CC2)s1. The molecule has 0 unspecified atom stereocenters. The number of fused-ring (bicyclic) bond motifs is 1. The molecule has 0 saturated carbocycles. The van der Waals surface area contributed by atoms with Crippen molar-refractivity contribution in [2.75, 3.05) is 32.8 Å². The number of carbonyl (C=O) groups is 3. The topological polar surface area (TPSA) is 60.9 Å². The average Bonchev–Trinajstić information content (AvgIpc) is 3.20. The van der Waals surface area contributed by atoms with Crippen molar-refractivity contribution in [3.8, 4) is 0 Å². The monoisotopic (exact) mass is 373 g/mol. The largest absolute Gasteiger partial charge is 0.335 e. The van der Waals surface area contributed by atoms with Gasteiger partial charge in [0.15, 0.2) is 0 Å². The number of allylic oxidation sites excluding steroid dienone is 2. The number of hydrogen-bond acceptors (Lipinski definition) is 5. The molecule has 4 rings (SSSR count). The summed E-state index contributed by atoms with van der Waals surface area (Å²) in [6.45, 7) is 4.96. The molecule has 2 atom stereocenters. The first kappa shape index (κ1) is 17.4. The number of carbonyl (C=O) groups excluding carboxylic acids is 3. The Bertz CT molecular complexity index is 738. The zero-order valence-electron chi connectivity index (χ0n) is 14.9. The molecule has 2 fully saturated rings. The molecule has 138 valence electrons. The van der Waals surface area contributed by atoms with Gasteiger partial charge in [-0.3, -0.25) is 24.2 Å². The van der Waals surface area contributed by atoms with Crippen molar-refractivity contribution in [1.82, 2.24) is 14.7 Å². The van der Waals surface area contributed by atoms with E-state index in [1.165, 1.54) is 16.2 Å². The summed E-state index contributed by atoms with van der Waals surface area (Å²) in [4.78, 5) is 45.0. The van der Waals surface area contributed by atoms with Gasteiger partial charge in [0.25, 0.3) is 5.91 Å². The molecule has 6 nitrogen and oxygen atoms in total. The number of imide groups is 1. The highest BCUT2D eigenvalue weighted by Crippen LogP contribution is 2.35. The Morgan fingerprint density at radius 2 is 1.65 bits per heavy atom. The zero-order valence-corrected chi connectivity index (χ0v) is 15.7. The van der Waals surface area contributed by atoms with E-state index in [2.05, 4.69) is 4.90 Å². The van der Waals surface area contributed by atoms with Gasteiger partial charge in [-0.2, -0.15) is 0 Å². The number of thiophene rings is 1. The second-order valence-electron chi connectivity index (χ2n) is 7.22. The number of piperazine rings is 1. The molecule has 1 aliphatic carbocycles. The summed E-state index contributed by atoms with van der Waals surface area (Å²) in [7, 11) is 0. The second kappa shape index (κ2) is 6.96. The lowest BCUT2D eigenvalue weighted by atomic mass is 9.85. The van der Waals surface area contributed by atoms with E-state index in [0.29, 0.717) is 45.7 Å². The predicted molar refractivity (Wildman–Crippen MR) is 98.6 cm³/mol. The second-order valence-corrected chi connectivity index (χ2v) is 8.51. The Balaban J connectivity index is 1.33. The van der Waals surface area contributed by atoms with Crippen LogP contribution in [0.3, 0.4) is 0 Å². The van der Waals surface area contributed by atoms with Crippen molar-refractivity contribution in [2.45, 2.75) is 19.8 Å². The van der Waals surface area contributed by atoms with Gasteiger partial charge in [-0.1, -0.05) is 12.2 Å². The van der Waals surface area contributed by atoms with Crippen LogP contribution in [-0.2, 0) is 9.59 Å². The maximum Gasteiger partial charge on any atom is 0.264 e. The molecule has 1 aromatic heterocycles. The van der Waals surface area contributed by atoms with Gasteiger partial charge >= 0.3 is 0 Å². The molecule has 1 aromatic rings. The number of nitrogens with zero attached hydrogens (tertiary/aromatic N) is 3. The van der Waals surface area contributed by atoms with Crippen molar-refractivity contribution >= 4 is 29.1 Å². The Morgan fingerprint density at radius 1 is 1.04 bits per heavy atom. The Labute approximate surface area is 157 Å². The van der Waals surface area contributed by atoms with Crippen LogP contribution in [-0.4, -0.2) is 65.3 Å². The molecule has 2 aliphatic heterocycles. The first-order valence-electron chi connectivity index (χ1n) is 9.13. The van der Waals surface area contributed by atoms with E-state index in [0.717, 1.165) is 9.75 Å². The maximum absolute atomic E-state index is 12.6. The third kappa shape index (κ3) is 3.10. The standard InChI is InChI=1S/C19H23N3O3S/c1-13-6-7-16(26-13)19(25)21-10-8-20(9-11-21)12-22-17(23)14-4-2-3-5-15(14)18(22)24/h2-3,6-7,14-15H,4-5,8-12H2,1H3/t14-,15+. The van der Waals surface area contributed by atoms with Crippen molar-refractivity contribution in [3.05, 3.63) is 34.0 Å². The van der Waals surface area contributed by atoms with Crippen molar-refractivity contribution < 1.29 is 14.4 Å². The molecule has 7 heteroatoms. The van der Waals surface area contributed by atoms with Gasteiger partial charge in [0.2, 0.25) is 11.8 Å². The predicted octanol–water partition coefficient (Wildman–Crippen LogP) is 1.72. The summed E-state index contributed by atoms with van der Waals surface area (Å²) < 4.78 is 0. The summed E-state index contributed by atoms with van der Waals surface area (Å²) in [6.07, 6.45) is 5.36. The van der Waals surface area contributed by atoms with Gasteiger partial charge in [0.1, 0.15) is 0 Å². The van der Waals surface area contributed by atoms with Gasteiger partial charge in [-0.15, -0.1) is 11.3 Å². The van der Waals surface area contributed by atoms with E-state index in [1.807, 2.05) is 36.1 Å². The fourth-order valence-electron chi connectivity index (χ4n) is 4.01. The third-order valence-electron chi connectivity index (χ3n) is 5.55. The van der Waals surface area contributed by atoms with Gasteiger partial charge < -0.3 is 4.90 Å². The van der Waals surface area contributed by atoms with Crippen molar-refractivity contribution in [1.29, 1.82) is 0 Å². The average molecular weight is 373 g/mol. The van der Waals surface area contributed by atoms with Gasteiger partial charge in [0.05, 0.1) is 23.4 Å². The first-order valence-corrected chi connectivity index (χ1v) is 9.94. The molecule has 0 spiro atoms. The third-order valence-corrected chi connectivity index (χ3v) is 6.54. The van der Waals surface area contributed by atoms with Crippen LogP contribution in [0.4, 0.5) is 0 Å². The number of aryl methyl sites for hydroxylation is 1. The van der Waals surface area contributed by atoms with Crippen LogP contribution in [0.2, 0.25) is 0 Å². The fraction of sp³-hybridized carbons (Fsp3) is 0.526. The lowest BCUT2D eigenvalue weighted by Gasteiger charge is -2.36. The minimum absolute atomic E-state index is 0.0306. The molecule has 3 heterocycles. The summed E-state index contributed by atoms with van der Waals surface area (Å²) in [5.74, 6) is -0.322. The lowest BCUT2D eigenvalue weighted by Crippen LogP contribution is -2.52. The van der Waals surface area contributed by atoms with Crippen LogP contribution in [0, 0.1) is 18.8 Å². The summed E-state index contributed by atoms with van der Waals surface area (Å²) in [6, 6.07) is 3.85. The van der Waals surface area contributed by atoms with E-state index < -0.39 is 0 Å². The normalized spacial score (nSPS) is 26.5. The number of likely N-dealkylation sites (tertiary alicyclic amines) is 1. The van der Waals surface area contributed by atoms with E-state index in [9.17, 15) is 14.4 Å². The van der Waals surface area contributed by atoms with Crippen LogP contribution >= 0.6 is 11.3 Å². The van der Waals surface area contributed by atoms with E-state index >= 15 is 0 Å². The minimum atomic E-state index is -0.169. The van der Waals surface area contributed by atoms with Gasteiger partial charge in [0, 0.05) is 31.1 Å². The van der Waals surface area contributed by atoms with Crippen LogP contribution in [0.15, 0.2) is 24.3 Å². The van der Waals surface area contributed by atoms with E-state index in [-0.39, 0.29) is 29.6 Å². The van der Waals surface area contributed by atoms with Crippen LogP contribution in [0.1, 0.15) is 27.4 Å². The molecule has 3 amide bonds. The molecule has 0 aromatic carbocycles. The first-order chi connectivity index (χ1) is 12.5. The van der Waals surface area contributed by atoms with Crippen LogP contribution in [0.25, 0.3) is 0 Å². The molecular formula is C19H23N3O3S. The lowest BCUT2D eigenvalue weighted by molar-refractivity contribution is -0.142. The number of rotatable bonds is 3. The highest BCUT2D eigenvalue weighted by atomic mass is 32.1. The maximum atomic E-state index is 12.6. The molecular weight excluding hydrogens is 350 g/mol. The molecule has 0 bridgehead atoms. The van der Waals surface area contributed by atoms with Crippen molar-refractivity contribution in [2.24, 2.45) is 11.8 Å². The molecule has 0 radical (unpaired) electrons. The highest BCUT2D eigenvalue weighted by Gasteiger charge is 2.47. The summed E-state index contributed by atoms with van der Waals surface area (Å²) in [5, 5.41) is 0. The molecule has 0 N–H and O–H groups in total. The quantitative estimate of drug-likeness (QED) is 0.598. The smallest absolute Gasteiger partial charge is 0.264 e. The van der Waals surface area contributed by atoms with E-state index in [1.54, 1.807) is 0 Å². The molecule has 3 aliphatic rings. The minimum Gasteiger partial charge on any atom is -0.335 e. The van der Waals surface area contributed by atoms with Crippen LogP contribution < -0.4 is 0 Å². The van der Waals surface area contributed by atoms with Gasteiger partial charge in [-0.25, -0.2) is 0 Å². The van der Waals surface area contributed by atoms with Gasteiger partial charge in [-0.05, 0) is 31.9 Å². The van der Waals surface area contributed by atoms with Crippen molar-refractivity contribution in [3.63, 3.8) is 0 Å². The fourth-order valence-corrected chi connectivity index (χ4v) is 4.84.